The summed E-state index contributed by atoms with van der Waals surface area (Å²) in [6, 6.07) is 3.99. The first kappa shape index (κ1) is 12.5. The third-order valence-electron chi connectivity index (χ3n) is 2.20. The monoisotopic (exact) mass is 221 g/mol. The fourth-order valence-electron chi connectivity index (χ4n) is 1.37. The molecule has 1 rings (SSSR count). The van der Waals surface area contributed by atoms with E-state index in [0.717, 1.165) is 5.56 Å². The van der Waals surface area contributed by atoms with Gasteiger partial charge in [-0.3, -0.25) is 4.98 Å². The van der Waals surface area contributed by atoms with Gasteiger partial charge in [-0.15, -0.1) is 0 Å². The fourth-order valence-corrected chi connectivity index (χ4v) is 1.37. The zero-order valence-corrected chi connectivity index (χ0v) is 10.1. The molecule has 0 aliphatic carbocycles. The molecule has 0 aliphatic heterocycles. The molecule has 0 unspecified atom stereocenters. The molecule has 1 aromatic rings. The van der Waals surface area contributed by atoms with Crippen LogP contribution in [0.5, 0.6) is 0 Å². The second-order valence-corrected chi connectivity index (χ2v) is 3.97. The van der Waals surface area contributed by atoms with Gasteiger partial charge in [-0.25, -0.2) is 4.79 Å². The topological polar surface area (TPSA) is 45.2 Å². The highest BCUT2D eigenvalue weighted by Crippen LogP contribution is 2.03. The van der Waals surface area contributed by atoms with Crippen LogP contribution in [0.4, 0.5) is 4.79 Å². The first-order valence-corrected chi connectivity index (χ1v) is 5.57. The third kappa shape index (κ3) is 3.88. The van der Waals surface area contributed by atoms with Crippen molar-refractivity contribution in [2.75, 3.05) is 6.54 Å². The molecule has 0 atom stereocenters. The Kier molecular flexibility index (Phi) is 4.76. The van der Waals surface area contributed by atoms with Gasteiger partial charge in [-0.05, 0) is 38.5 Å². The lowest BCUT2D eigenvalue weighted by Gasteiger charge is -2.22. The average molecular weight is 221 g/mol. The average Bonchev–Trinajstić information content (AvgIpc) is 2.26. The summed E-state index contributed by atoms with van der Waals surface area (Å²) in [7, 11) is 0. The van der Waals surface area contributed by atoms with Gasteiger partial charge in [0.25, 0.3) is 0 Å². The largest absolute Gasteiger partial charge is 0.336 e. The van der Waals surface area contributed by atoms with E-state index >= 15 is 0 Å². The van der Waals surface area contributed by atoms with Gasteiger partial charge >= 0.3 is 6.03 Å². The molecule has 4 heteroatoms. The molecule has 0 aromatic carbocycles. The maximum atomic E-state index is 11.8. The lowest BCUT2D eigenvalue weighted by Crippen LogP contribution is -2.42. The van der Waals surface area contributed by atoms with Crippen molar-refractivity contribution in [2.24, 2.45) is 0 Å². The lowest BCUT2D eigenvalue weighted by atomic mass is 10.2. The number of aromatic nitrogens is 1. The molecular weight excluding hydrogens is 202 g/mol. The standard InChI is InChI=1S/C12H19N3O/c1-4-15(12(16)14-10(2)3)9-11-5-7-13-8-6-11/h5-8,10H,4,9H2,1-3H3,(H,14,16). The number of carbonyl (C=O) groups excluding carboxylic acids is 1. The molecule has 0 saturated carbocycles. The minimum Gasteiger partial charge on any atom is -0.336 e. The van der Waals surface area contributed by atoms with Gasteiger partial charge in [-0.1, -0.05) is 0 Å². The quantitative estimate of drug-likeness (QED) is 0.845. The van der Waals surface area contributed by atoms with E-state index < -0.39 is 0 Å². The Morgan fingerprint density at radius 3 is 2.56 bits per heavy atom. The van der Waals surface area contributed by atoms with Crippen molar-refractivity contribution in [3.8, 4) is 0 Å². The molecule has 4 nitrogen and oxygen atoms in total. The minimum atomic E-state index is -0.0192. The molecule has 88 valence electrons. The number of carbonyl (C=O) groups is 1. The molecule has 0 fully saturated rings. The summed E-state index contributed by atoms with van der Waals surface area (Å²) in [5.74, 6) is 0. The first-order chi connectivity index (χ1) is 7.63. The van der Waals surface area contributed by atoms with Crippen LogP contribution in [0.15, 0.2) is 24.5 Å². The number of nitrogens with one attached hydrogen (secondary N) is 1. The van der Waals surface area contributed by atoms with Crippen molar-refractivity contribution in [2.45, 2.75) is 33.4 Å². The van der Waals surface area contributed by atoms with E-state index in [2.05, 4.69) is 10.3 Å². The third-order valence-corrected chi connectivity index (χ3v) is 2.20. The van der Waals surface area contributed by atoms with Crippen LogP contribution in [0.25, 0.3) is 0 Å². The molecule has 0 radical (unpaired) electrons. The lowest BCUT2D eigenvalue weighted by molar-refractivity contribution is 0.195. The van der Waals surface area contributed by atoms with Crippen LogP contribution in [-0.4, -0.2) is 28.5 Å². The molecule has 16 heavy (non-hydrogen) atoms. The zero-order chi connectivity index (χ0) is 12.0. The molecule has 2 amide bonds. The van der Waals surface area contributed by atoms with Gasteiger partial charge in [0.15, 0.2) is 0 Å². The van der Waals surface area contributed by atoms with Crippen LogP contribution in [0.1, 0.15) is 26.3 Å². The maximum absolute atomic E-state index is 11.8. The highest BCUT2D eigenvalue weighted by Gasteiger charge is 2.12. The zero-order valence-electron chi connectivity index (χ0n) is 10.1. The molecule has 0 saturated heterocycles. The predicted octanol–water partition coefficient (Wildman–Crippen LogP) is 2.02. The summed E-state index contributed by atoms with van der Waals surface area (Å²) in [6.07, 6.45) is 3.48. The van der Waals surface area contributed by atoms with Crippen molar-refractivity contribution in [1.82, 2.24) is 15.2 Å². The van der Waals surface area contributed by atoms with Gasteiger partial charge in [0.2, 0.25) is 0 Å². The fraction of sp³-hybridized carbons (Fsp3) is 0.500. The van der Waals surface area contributed by atoms with Crippen molar-refractivity contribution in [3.63, 3.8) is 0 Å². The van der Waals surface area contributed by atoms with Crippen LogP contribution in [-0.2, 0) is 6.54 Å². The van der Waals surface area contributed by atoms with E-state index in [1.807, 2.05) is 32.9 Å². The smallest absolute Gasteiger partial charge is 0.317 e. The van der Waals surface area contributed by atoms with Crippen molar-refractivity contribution in [3.05, 3.63) is 30.1 Å². The van der Waals surface area contributed by atoms with Gasteiger partial charge in [0.1, 0.15) is 0 Å². The second kappa shape index (κ2) is 6.10. The Bertz CT molecular complexity index is 324. The Labute approximate surface area is 96.7 Å². The first-order valence-electron chi connectivity index (χ1n) is 5.57. The van der Waals surface area contributed by atoms with Crippen LogP contribution >= 0.6 is 0 Å². The summed E-state index contributed by atoms with van der Waals surface area (Å²) < 4.78 is 0. The predicted molar refractivity (Wildman–Crippen MR) is 64.0 cm³/mol. The van der Waals surface area contributed by atoms with E-state index in [-0.39, 0.29) is 12.1 Å². The van der Waals surface area contributed by atoms with Gasteiger partial charge in [0, 0.05) is 31.5 Å². The Morgan fingerprint density at radius 1 is 1.44 bits per heavy atom. The SMILES string of the molecule is CCN(Cc1ccncc1)C(=O)NC(C)C. The Balaban J connectivity index is 2.58. The highest BCUT2D eigenvalue weighted by molar-refractivity contribution is 5.74. The highest BCUT2D eigenvalue weighted by atomic mass is 16.2. The summed E-state index contributed by atoms with van der Waals surface area (Å²) in [4.78, 5) is 17.5. The molecule has 1 N–H and O–H groups in total. The number of urea groups is 1. The summed E-state index contributed by atoms with van der Waals surface area (Å²) in [5.41, 5.74) is 1.09. The number of rotatable bonds is 4. The van der Waals surface area contributed by atoms with Crippen LogP contribution in [0, 0.1) is 0 Å². The van der Waals surface area contributed by atoms with E-state index in [0.29, 0.717) is 13.1 Å². The number of hydrogen-bond acceptors (Lipinski definition) is 2. The van der Waals surface area contributed by atoms with Crippen LogP contribution < -0.4 is 5.32 Å². The van der Waals surface area contributed by atoms with Crippen LogP contribution in [0.3, 0.4) is 0 Å². The van der Waals surface area contributed by atoms with E-state index in [1.54, 1.807) is 17.3 Å². The van der Waals surface area contributed by atoms with Gasteiger partial charge in [-0.2, -0.15) is 0 Å². The summed E-state index contributed by atoms with van der Waals surface area (Å²) >= 11 is 0. The molecular formula is C12H19N3O. The van der Waals surface area contributed by atoms with E-state index in [1.165, 1.54) is 0 Å². The number of nitrogens with zero attached hydrogens (tertiary/aromatic N) is 2. The van der Waals surface area contributed by atoms with Gasteiger partial charge in [0.05, 0.1) is 0 Å². The van der Waals surface area contributed by atoms with Crippen LogP contribution in [0.2, 0.25) is 0 Å². The Morgan fingerprint density at radius 2 is 2.06 bits per heavy atom. The molecule has 0 spiro atoms. The Hall–Kier alpha value is -1.58. The second-order valence-electron chi connectivity index (χ2n) is 3.97. The maximum Gasteiger partial charge on any atom is 0.317 e. The van der Waals surface area contributed by atoms with Crippen molar-refractivity contribution in [1.29, 1.82) is 0 Å². The van der Waals surface area contributed by atoms with Crippen molar-refractivity contribution >= 4 is 6.03 Å². The number of amides is 2. The normalized spacial score (nSPS) is 10.2. The van der Waals surface area contributed by atoms with E-state index in [4.69, 9.17) is 0 Å². The molecule has 1 heterocycles. The summed E-state index contributed by atoms with van der Waals surface area (Å²) in [6.45, 7) is 7.20. The molecule has 1 aromatic heterocycles. The van der Waals surface area contributed by atoms with E-state index in [9.17, 15) is 4.79 Å². The number of pyridine rings is 1. The number of hydrogen-bond donors (Lipinski definition) is 1. The summed E-state index contributed by atoms with van der Waals surface area (Å²) in [5, 5.41) is 2.89. The minimum absolute atomic E-state index is 0.0192. The van der Waals surface area contributed by atoms with Crippen molar-refractivity contribution < 1.29 is 4.79 Å². The molecule has 0 aliphatic rings. The molecule has 0 bridgehead atoms. The van der Waals surface area contributed by atoms with Gasteiger partial charge < -0.3 is 10.2 Å².